The highest BCUT2D eigenvalue weighted by Gasteiger charge is 2.17. The zero-order valence-corrected chi connectivity index (χ0v) is 13.6. The Bertz CT molecular complexity index is 992. The molecule has 2 aromatic heterocycles. The monoisotopic (exact) mass is 354 g/mol. The van der Waals surface area contributed by atoms with Gasteiger partial charge in [-0.25, -0.2) is 13.1 Å². The van der Waals surface area contributed by atoms with Crippen molar-refractivity contribution in [2.45, 2.75) is 10.8 Å². The van der Waals surface area contributed by atoms with Crippen LogP contribution in [0, 0.1) is 0 Å². The van der Waals surface area contributed by atoms with E-state index >= 15 is 0 Å². The molecular weight excluding hydrogens is 344 g/mol. The van der Waals surface area contributed by atoms with Crippen molar-refractivity contribution >= 4 is 43.9 Å². The molecule has 0 aliphatic carbocycles. The van der Waals surface area contributed by atoms with Crippen molar-refractivity contribution in [2.24, 2.45) is 0 Å². The van der Waals surface area contributed by atoms with Crippen LogP contribution >= 0.6 is 22.9 Å². The van der Waals surface area contributed by atoms with Gasteiger partial charge in [-0.1, -0.05) is 29.8 Å². The molecule has 0 bridgehead atoms. The van der Waals surface area contributed by atoms with Crippen LogP contribution in [-0.4, -0.2) is 13.4 Å². The van der Waals surface area contributed by atoms with E-state index in [1.165, 1.54) is 12.1 Å². The van der Waals surface area contributed by atoms with Gasteiger partial charge in [0.25, 0.3) is 5.56 Å². The molecule has 0 fully saturated rings. The van der Waals surface area contributed by atoms with E-state index in [1.54, 1.807) is 12.1 Å². The first-order valence-electron chi connectivity index (χ1n) is 6.32. The molecule has 1 aromatic carbocycles. The summed E-state index contributed by atoms with van der Waals surface area (Å²) in [5.41, 5.74) is 0.750. The lowest BCUT2D eigenvalue weighted by atomic mass is 10.1. The molecule has 0 aliphatic rings. The van der Waals surface area contributed by atoms with Gasteiger partial charge in [0.1, 0.15) is 4.21 Å². The van der Waals surface area contributed by atoms with E-state index in [1.807, 2.05) is 18.2 Å². The normalized spacial score (nSPS) is 11.9. The van der Waals surface area contributed by atoms with E-state index in [0.717, 1.165) is 16.7 Å². The summed E-state index contributed by atoms with van der Waals surface area (Å²) >= 11 is 6.71. The van der Waals surface area contributed by atoms with Crippen LogP contribution in [0.25, 0.3) is 10.9 Å². The fraction of sp³-hybridized carbons (Fsp3) is 0.0714. The minimum atomic E-state index is -3.68. The fourth-order valence-electron chi connectivity index (χ4n) is 2.01. The van der Waals surface area contributed by atoms with Crippen molar-refractivity contribution < 1.29 is 8.42 Å². The molecule has 2 N–H and O–H groups in total. The summed E-state index contributed by atoms with van der Waals surface area (Å²) in [6.45, 7) is -0.0853. The first-order valence-corrected chi connectivity index (χ1v) is 8.99. The second-order valence-corrected chi connectivity index (χ2v) is 8.30. The molecule has 0 saturated heterocycles. The van der Waals surface area contributed by atoms with E-state index in [2.05, 4.69) is 9.71 Å². The quantitative estimate of drug-likeness (QED) is 0.756. The average Bonchev–Trinajstić information content (AvgIpc) is 2.92. The lowest BCUT2D eigenvalue weighted by molar-refractivity contribution is 0.583. The Labute approximate surface area is 135 Å². The molecule has 2 heterocycles. The molecule has 0 spiro atoms. The molecule has 0 saturated carbocycles. The predicted octanol–water partition coefficient (Wildman–Crippen LogP) is 2.72. The summed E-state index contributed by atoms with van der Waals surface area (Å²) in [4.78, 5) is 14.7. The molecule has 8 heteroatoms. The summed E-state index contributed by atoms with van der Waals surface area (Å²) < 4.78 is 27.2. The van der Waals surface area contributed by atoms with Crippen LogP contribution in [0.2, 0.25) is 4.34 Å². The number of para-hydroxylation sites is 1. The van der Waals surface area contributed by atoms with Crippen LogP contribution in [0.1, 0.15) is 5.56 Å². The number of hydrogen-bond acceptors (Lipinski definition) is 4. The number of pyridine rings is 1. The Morgan fingerprint density at radius 3 is 2.68 bits per heavy atom. The SMILES string of the molecule is O=c1[nH]c2ccccc2cc1CNS(=O)(=O)c1ccc(Cl)s1. The standard InChI is InChI=1S/C14H11ClN2O3S2/c15-12-5-6-13(21-12)22(19,20)16-8-10-7-9-3-1-2-4-11(9)17-14(10)18/h1-7,16H,8H2,(H,17,18). The highest BCUT2D eigenvalue weighted by atomic mass is 35.5. The van der Waals surface area contributed by atoms with Gasteiger partial charge in [0, 0.05) is 17.6 Å². The van der Waals surface area contributed by atoms with Crippen LogP contribution in [0.15, 0.2) is 51.5 Å². The number of aromatic amines is 1. The maximum Gasteiger partial charge on any atom is 0.252 e. The summed E-state index contributed by atoms with van der Waals surface area (Å²) in [5, 5.41) is 0.843. The van der Waals surface area contributed by atoms with E-state index in [9.17, 15) is 13.2 Å². The Morgan fingerprint density at radius 1 is 1.18 bits per heavy atom. The van der Waals surface area contributed by atoms with Gasteiger partial charge >= 0.3 is 0 Å². The number of nitrogens with one attached hydrogen (secondary N) is 2. The number of hydrogen-bond donors (Lipinski definition) is 2. The number of sulfonamides is 1. The Hall–Kier alpha value is -1.67. The Morgan fingerprint density at radius 2 is 1.95 bits per heavy atom. The van der Waals surface area contributed by atoms with E-state index in [4.69, 9.17) is 11.6 Å². The average molecular weight is 355 g/mol. The zero-order valence-electron chi connectivity index (χ0n) is 11.2. The maximum atomic E-state index is 12.1. The third kappa shape index (κ3) is 3.07. The molecule has 5 nitrogen and oxygen atoms in total. The highest BCUT2D eigenvalue weighted by molar-refractivity contribution is 7.91. The van der Waals surface area contributed by atoms with Crippen LogP contribution in [0.5, 0.6) is 0 Å². The lowest BCUT2D eigenvalue weighted by Gasteiger charge is -2.05. The molecular formula is C14H11ClN2O3S2. The van der Waals surface area contributed by atoms with Gasteiger partial charge in [-0.05, 0) is 29.7 Å². The lowest BCUT2D eigenvalue weighted by Crippen LogP contribution is -2.26. The number of fused-ring (bicyclic) bond motifs is 1. The van der Waals surface area contributed by atoms with Crippen LogP contribution < -0.4 is 10.3 Å². The van der Waals surface area contributed by atoms with Gasteiger partial charge < -0.3 is 4.98 Å². The van der Waals surface area contributed by atoms with Crippen molar-refractivity contribution in [2.75, 3.05) is 0 Å². The number of H-pyrrole nitrogens is 1. The summed E-state index contributed by atoms with van der Waals surface area (Å²) in [6.07, 6.45) is 0. The second kappa shape index (κ2) is 5.85. The molecule has 3 aromatic rings. The Balaban J connectivity index is 1.88. The summed E-state index contributed by atoms with van der Waals surface area (Å²) in [7, 11) is -3.68. The maximum absolute atomic E-state index is 12.1. The molecule has 0 radical (unpaired) electrons. The molecule has 0 aliphatic heterocycles. The van der Waals surface area contributed by atoms with Gasteiger partial charge in [-0.2, -0.15) is 0 Å². The minimum absolute atomic E-state index is 0.0853. The third-order valence-corrected chi connectivity index (χ3v) is 6.22. The fourth-order valence-corrected chi connectivity index (χ4v) is 4.54. The van der Waals surface area contributed by atoms with Gasteiger partial charge in [-0.15, -0.1) is 11.3 Å². The topological polar surface area (TPSA) is 79.0 Å². The Kier molecular flexibility index (Phi) is 4.05. The van der Waals surface area contributed by atoms with Crippen LogP contribution in [-0.2, 0) is 16.6 Å². The van der Waals surface area contributed by atoms with Crippen LogP contribution in [0.3, 0.4) is 0 Å². The molecule has 0 atom stereocenters. The predicted molar refractivity (Wildman–Crippen MR) is 87.9 cm³/mol. The zero-order chi connectivity index (χ0) is 15.7. The second-order valence-electron chi connectivity index (χ2n) is 4.59. The number of thiophene rings is 1. The first-order chi connectivity index (χ1) is 10.5. The smallest absolute Gasteiger partial charge is 0.252 e. The van der Waals surface area contributed by atoms with Crippen LogP contribution in [0.4, 0.5) is 0 Å². The molecule has 114 valence electrons. The van der Waals surface area contributed by atoms with Gasteiger partial charge in [0.05, 0.1) is 4.34 Å². The molecule has 0 unspecified atom stereocenters. The molecule has 3 rings (SSSR count). The van der Waals surface area contributed by atoms with E-state index in [0.29, 0.717) is 15.4 Å². The largest absolute Gasteiger partial charge is 0.322 e. The minimum Gasteiger partial charge on any atom is -0.322 e. The van der Waals surface area contributed by atoms with Crippen molar-refractivity contribution in [3.05, 3.63) is 62.7 Å². The molecule has 0 amide bonds. The van der Waals surface area contributed by atoms with Gasteiger partial charge in [-0.3, -0.25) is 4.79 Å². The highest BCUT2D eigenvalue weighted by Crippen LogP contribution is 2.25. The number of halogens is 1. The number of aromatic nitrogens is 1. The van der Waals surface area contributed by atoms with Crippen molar-refractivity contribution in [1.82, 2.24) is 9.71 Å². The molecule has 22 heavy (non-hydrogen) atoms. The third-order valence-electron chi connectivity index (χ3n) is 3.10. The summed E-state index contributed by atoms with van der Waals surface area (Å²) in [6, 6.07) is 11.9. The van der Waals surface area contributed by atoms with Crippen molar-refractivity contribution in [3.8, 4) is 0 Å². The van der Waals surface area contributed by atoms with Gasteiger partial charge in [0.2, 0.25) is 10.0 Å². The van der Waals surface area contributed by atoms with Crippen molar-refractivity contribution in [3.63, 3.8) is 0 Å². The number of rotatable bonds is 4. The van der Waals surface area contributed by atoms with Gasteiger partial charge in [0.15, 0.2) is 0 Å². The van der Waals surface area contributed by atoms with Crippen molar-refractivity contribution in [1.29, 1.82) is 0 Å². The first kappa shape index (κ1) is 15.2. The number of benzene rings is 1. The van der Waals surface area contributed by atoms with E-state index < -0.39 is 10.0 Å². The summed E-state index contributed by atoms with van der Waals surface area (Å²) in [5.74, 6) is 0. The van der Waals surface area contributed by atoms with E-state index in [-0.39, 0.29) is 16.3 Å².